The summed E-state index contributed by atoms with van der Waals surface area (Å²) >= 11 is 12.0. The van der Waals surface area contributed by atoms with E-state index in [0.717, 1.165) is 16.9 Å². The highest BCUT2D eigenvalue weighted by molar-refractivity contribution is 6.35. The maximum Gasteiger partial charge on any atom is 0.224 e. The van der Waals surface area contributed by atoms with Crippen molar-refractivity contribution < 1.29 is 9.53 Å². The summed E-state index contributed by atoms with van der Waals surface area (Å²) < 4.78 is 5.09. The fraction of sp³-hybridized carbons (Fsp3) is 0.235. The molecule has 0 bridgehead atoms. The van der Waals surface area contributed by atoms with Gasteiger partial charge in [0.2, 0.25) is 5.91 Å². The van der Waals surface area contributed by atoms with Gasteiger partial charge in [-0.25, -0.2) is 0 Å². The van der Waals surface area contributed by atoms with Crippen LogP contribution < -0.4 is 10.1 Å². The van der Waals surface area contributed by atoms with Crippen molar-refractivity contribution in [3.63, 3.8) is 0 Å². The second-order valence-corrected chi connectivity index (χ2v) is 5.82. The van der Waals surface area contributed by atoms with Crippen molar-refractivity contribution in [2.75, 3.05) is 7.11 Å². The maximum absolute atomic E-state index is 12.1. The van der Waals surface area contributed by atoms with E-state index in [1.54, 1.807) is 19.2 Å². The van der Waals surface area contributed by atoms with Crippen LogP contribution in [-0.4, -0.2) is 13.0 Å². The normalized spacial score (nSPS) is 11.8. The van der Waals surface area contributed by atoms with Crippen molar-refractivity contribution >= 4 is 29.1 Å². The molecule has 0 fully saturated rings. The number of halogens is 2. The van der Waals surface area contributed by atoms with Crippen LogP contribution in [-0.2, 0) is 11.2 Å². The summed E-state index contributed by atoms with van der Waals surface area (Å²) in [5.41, 5.74) is 1.77. The highest BCUT2D eigenvalue weighted by atomic mass is 35.5. The summed E-state index contributed by atoms with van der Waals surface area (Å²) in [6.07, 6.45) is 0.305. The van der Waals surface area contributed by atoms with E-state index in [-0.39, 0.29) is 11.9 Å². The van der Waals surface area contributed by atoms with Crippen LogP contribution in [0.2, 0.25) is 10.0 Å². The van der Waals surface area contributed by atoms with Crippen LogP contribution in [0.5, 0.6) is 5.75 Å². The van der Waals surface area contributed by atoms with Crippen molar-refractivity contribution in [2.45, 2.75) is 19.4 Å². The Morgan fingerprint density at radius 1 is 1.18 bits per heavy atom. The summed E-state index contributed by atoms with van der Waals surface area (Å²) in [7, 11) is 1.61. The van der Waals surface area contributed by atoms with Gasteiger partial charge in [-0.2, -0.15) is 0 Å². The molecule has 0 heterocycles. The third-order valence-corrected chi connectivity index (χ3v) is 3.89. The monoisotopic (exact) mass is 337 g/mol. The first kappa shape index (κ1) is 16.7. The molecule has 0 spiro atoms. The molecule has 2 aromatic carbocycles. The van der Waals surface area contributed by atoms with Gasteiger partial charge in [0.1, 0.15) is 5.75 Å². The molecule has 0 aliphatic rings. The lowest BCUT2D eigenvalue weighted by Crippen LogP contribution is -2.28. The van der Waals surface area contributed by atoms with Gasteiger partial charge in [-0.3, -0.25) is 4.79 Å². The largest absolute Gasteiger partial charge is 0.497 e. The number of carbonyl (C=O) groups is 1. The number of nitrogens with one attached hydrogen (secondary N) is 1. The quantitative estimate of drug-likeness (QED) is 0.876. The molecular weight excluding hydrogens is 321 g/mol. The van der Waals surface area contributed by atoms with E-state index in [0.29, 0.717) is 16.5 Å². The van der Waals surface area contributed by atoms with Gasteiger partial charge in [-0.05, 0) is 42.3 Å². The lowest BCUT2D eigenvalue weighted by atomic mass is 10.1. The lowest BCUT2D eigenvalue weighted by molar-refractivity contribution is -0.121. The Labute approximate surface area is 140 Å². The van der Waals surface area contributed by atoms with Crippen molar-refractivity contribution in [3.8, 4) is 5.75 Å². The number of benzene rings is 2. The zero-order valence-corrected chi connectivity index (χ0v) is 13.9. The molecule has 2 aromatic rings. The summed E-state index contributed by atoms with van der Waals surface area (Å²) in [6.45, 7) is 1.89. The van der Waals surface area contributed by atoms with Gasteiger partial charge in [0, 0.05) is 10.0 Å². The predicted molar refractivity (Wildman–Crippen MR) is 89.7 cm³/mol. The standard InChI is InChI=1S/C17H17Cl2NO2/c1-11(15-8-5-13(18)10-16(15)19)20-17(21)9-12-3-6-14(22-2)7-4-12/h3-8,10-11H,9H2,1-2H3,(H,20,21)/t11-/m1/s1. The zero-order chi connectivity index (χ0) is 16.1. The van der Waals surface area contributed by atoms with E-state index in [2.05, 4.69) is 5.32 Å². The number of rotatable bonds is 5. The average Bonchev–Trinajstić information content (AvgIpc) is 2.47. The fourth-order valence-electron chi connectivity index (χ4n) is 2.15. The predicted octanol–water partition coefficient (Wildman–Crippen LogP) is 4.42. The van der Waals surface area contributed by atoms with E-state index < -0.39 is 0 Å². The van der Waals surface area contributed by atoms with Crippen molar-refractivity contribution in [1.82, 2.24) is 5.32 Å². The SMILES string of the molecule is COc1ccc(CC(=O)N[C@H](C)c2ccc(Cl)cc2Cl)cc1. The molecule has 2 rings (SSSR count). The van der Waals surface area contributed by atoms with Crippen molar-refractivity contribution in [3.05, 3.63) is 63.6 Å². The summed E-state index contributed by atoms with van der Waals surface area (Å²) in [6, 6.07) is 12.5. The smallest absolute Gasteiger partial charge is 0.224 e. The third-order valence-electron chi connectivity index (χ3n) is 3.33. The molecule has 116 valence electrons. The van der Waals surface area contributed by atoms with Gasteiger partial charge in [0.15, 0.2) is 0 Å². The molecule has 0 aliphatic carbocycles. The highest BCUT2D eigenvalue weighted by Crippen LogP contribution is 2.26. The molecule has 22 heavy (non-hydrogen) atoms. The minimum Gasteiger partial charge on any atom is -0.497 e. The fourth-order valence-corrected chi connectivity index (χ4v) is 2.72. The molecular formula is C17H17Cl2NO2. The van der Waals surface area contributed by atoms with Crippen LogP contribution in [0.3, 0.4) is 0 Å². The van der Waals surface area contributed by atoms with Gasteiger partial charge in [0.25, 0.3) is 0 Å². The van der Waals surface area contributed by atoms with Crippen LogP contribution in [0.15, 0.2) is 42.5 Å². The van der Waals surface area contributed by atoms with Gasteiger partial charge in [0.05, 0.1) is 19.6 Å². The molecule has 0 saturated carbocycles. The first-order valence-electron chi connectivity index (χ1n) is 6.87. The molecule has 1 atom stereocenters. The van der Waals surface area contributed by atoms with Crippen molar-refractivity contribution in [2.24, 2.45) is 0 Å². The number of hydrogen-bond acceptors (Lipinski definition) is 2. The Balaban J connectivity index is 1.98. The maximum atomic E-state index is 12.1. The Hall–Kier alpha value is -1.71. The Kier molecular flexibility index (Phi) is 5.69. The molecule has 0 aliphatic heterocycles. The molecule has 0 radical (unpaired) electrons. The van der Waals surface area contributed by atoms with Gasteiger partial charge < -0.3 is 10.1 Å². The number of amides is 1. The molecule has 0 saturated heterocycles. The van der Waals surface area contributed by atoms with Crippen LogP contribution in [0, 0.1) is 0 Å². The number of ether oxygens (including phenoxy) is 1. The van der Waals surface area contributed by atoms with Crippen LogP contribution in [0.25, 0.3) is 0 Å². The first-order valence-corrected chi connectivity index (χ1v) is 7.62. The molecule has 1 amide bonds. The van der Waals surface area contributed by atoms with Crippen LogP contribution in [0.4, 0.5) is 0 Å². The third kappa shape index (κ3) is 4.39. The molecule has 0 aromatic heterocycles. The Bertz CT molecular complexity index is 656. The Morgan fingerprint density at radius 3 is 2.45 bits per heavy atom. The van der Waals surface area contributed by atoms with Crippen LogP contribution in [0.1, 0.15) is 24.1 Å². The van der Waals surface area contributed by atoms with E-state index in [1.807, 2.05) is 37.3 Å². The van der Waals surface area contributed by atoms with E-state index >= 15 is 0 Å². The van der Waals surface area contributed by atoms with Gasteiger partial charge in [-0.15, -0.1) is 0 Å². The van der Waals surface area contributed by atoms with E-state index in [9.17, 15) is 4.79 Å². The molecule has 5 heteroatoms. The van der Waals surface area contributed by atoms with Crippen molar-refractivity contribution in [1.29, 1.82) is 0 Å². The second-order valence-electron chi connectivity index (χ2n) is 4.98. The van der Waals surface area contributed by atoms with Gasteiger partial charge in [-0.1, -0.05) is 41.4 Å². The average molecular weight is 338 g/mol. The summed E-state index contributed by atoms with van der Waals surface area (Å²) in [5, 5.41) is 4.06. The lowest BCUT2D eigenvalue weighted by Gasteiger charge is -2.16. The highest BCUT2D eigenvalue weighted by Gasteiger charge is 2.13. The minimum absolute atomic E-state index is 0.0660. The minimum atomic E-state index is -0.185. The number of methoxy groups -OCH3 is 1. The molecule has 3 nitrogen and oxygen atoms in total. The first-order chi connectivity index (χ1) is 10.5. The molecule has 1 N–H and O–H groups in total. The summed E-state index contributed by atoms with van der Waals surface area (Å²) in [4.78, 5) is 12.1. The van der Waals surface area contributed by atoms with Crippen LogP contribution >= 0.6 is 23.2 Å². The van der Waals surface area contributed by atoms with Gasteiger partial charge >= 0.3 is 0 Å². The zero-order valence-electron chi connectivity index (χ0n) is 12.4. The number of carbonyl (C=O) groups excluding carboxylic acids is 1. The summed E-state index contributed by atoms with van der Waals surface area (Å²) in [5.74, 6) is 0.703. The van der Waals surface area contributed by atoms with E-state index in [1.165, 1.54) is 0 Å². The Morgan fingerprint density at radius 2 is 1.86 bits per heavy atom. The number of hydrogen-bond donors (Lipinski definition) is 1. The topological polar surface area (TPSA) is 38.3 Å². The second kappa shape index (κ2) is 7.52. The van der Waals surface area contributed by atoms with E-state index in [4.69, 9.17) is 27.9 Å². The molecule has 0 unspecified atom stereocenters.